The van der Waals surface area contributed by atoms with Crippen molar-refractivity contribution in [2.45, 2.75) is 18.9 Å². The molecule has 2 heterocycles. The van der Waals surface area contributed by atoms with Gasteiger partial charge >= 0.3 is 0 Å². The summed E-state index contributed by atoms with van der Waals surface area (Å²) in [5.41, 5.74) is 1.17. The number of nitrogens with one attached hydrogen (secondary N) is 1. The molecule has 16 heavy (non-hydrogen) atoms. The SMILES string of the molecule is COc1cc2c(cc1C1CCCN1)OCO2. The number of hydrogen-bond donors (Lipinski definition) is 1. The van der Waals surface area contributed by atoms with Gasteiger partial charge in [0.15, 0.2) is 11.5 Å². The fourth-order valence-electron chi connectivity index (χ4n) is 2.34. The van der Waals surface area contributed by atoms with E-state index in [1.807, 2.05) is 12.1 Å². The van der Waals surface area contributed by atoms with Gasteiger partial charge in [0.1, 0.15) is 5.75 Å². The Bertz CT molecular complexity index is 399. The highest BCUT2D eigenvalue weighted by Crippen LogP contribution is 2.41. The second-order valence-electron chi connectivity index (χ2n) is 4.10. The van der Waals surface area contributed by atoms with E-state index in [0.717, 1.165) is 30.2 Å². The maximum atomic E-state index is 5.41. The molecule has 0 amide bonds. The lowest BCUT2D eigenvalue weighted by Gasteiger charge is -2.15. The molecular weight excluding hydrogens is 206 g/mol. The van der Waals surface area contributed by atoms with Crippen molar-refractivity contribution < 1.29 is 14.2 Å². The molecule has 2 aliphatic rings. The molecule has 1 fully saturated rings. The minimum absolute atomic E-state index is 0.306. The van der Waals surface area contributed by atoms with Crippen LogP contribution in [0.25, 0.3) is 0 Å². The van der Waals surface area contributed by atoms with E-state index < -0.39 is 0 Å². The van der Waals surface area contributed by atoms with Gasteiger partial charge in [-0.25, -0.2) is 0 Å². The third-order valence-electron chi connectivity index (χ3n) is 3.16. The lowest BCUT2D eigenvalue weighted by atomic mass is 10.0. The monoisotopic (exact) mass is 221 g/mol. The van der Waals surface area contributed by atoms with Crippen LogP contribution in [0.3, 0.4) is 0 Å². The topological polar surface area (TPSA) is 39.7 Å². The van der Waals surface area contributed by atoms with Gasteiger partial charge in [-0.3, -0.25) is 0 Å². The summed E-state index contributed by atoms with van der Waals surface area (Å²) in [7, 11) is 1.69. The van der Waals surface area contributed by atoms with Gasteiger partial charge in [-0.15, -0.1) is 0 Å². The van der Waals surface area contributed by atoms with Crippen molar-refractivity contribution in [1.29, 1.82) is 0 Å². The summed E-state index contributed by atoms with van der Waals surface area (Å²) >= 11 is 0. The molecule has 0 spiro atoms. The Kier molecular flexibility index (Phi) is 2.36. The van der Waals surface area contributed by atoms with Gasteiger partial charge in [-0.1, -0.05) is 0 Å². The molecule has 3 rings (SSSR count). The normalized spacial score (nSPS) is 22.4. The quantitative estimate of drug-likeness (QED) is 0.827. The van der Waals surface area contributed by atoms with Crippen LogP contribution < -0.4 is 19.5 Å². The number of ether oxygens (including phenoxy) is 3. The van der Waals surface area contributed by atoms with Crippen LogP contribution >= 0.6 is 0 Å². The Hall–Kier alpha value is -1.42. The van der Waals surface area contributed by atoms with Crippen molar-refractivity contribution in [1.82, 2.24) is 5.32 Å². The van der Waals surface area contributed by atoms with Crippen LogP contribution in [-0.2, 0) is 0 Å². The Morgan fingerprint density at radius 2 is 2.12 bits per heavy atom. The highest BCUT2D eigenvalue weighted by molar-refractivity contribution is 5.53. The molecule has 0 bridgehead atoms. The predicted molar refractivity (Wildman–Crippen MR) is 59.1 cm³/mol. The number of methoxy groups -OCH3 is 1. The molecule has 1 saturated heterocycles. The third kappa shape index (κ3) is 1.50. The Morgan fingerprint density at radius 3 is 2.81 bits per heavy atom. The Morgan fingerprint density at radius 1 is 1.31 bits per heavy atom. The van der Waals surface area contributed by atoms with Crippen molar-refractivity contribution in [3.8, 4) is 17.2 Å². The smallest absolute Gasteiger partial charge is 0.231 e. The molecule has 1 aromatic carbocycles. The second kappa shape index (κ2) is 3.87. The summed E-state index contributed by atoms with van der Waals surface area (Å²) in [6.45, 7) is 1.38. The molecule has 1 atom stereocenters. The summed E-state index contributed by atoms with van der Waals surface area (Å²) < 4.78 is 16.1. The number of benzene rings is 1. The largest absolute Gasteiger partial charge is 0.496 e. The minimum atomic E-state index is 0.306. The maximum absolute atomic E-state index is 5.41. The van der Waals surface area contributed by atoms with Gasteiger partial charge in [0.2, 0.25) is 6.79 Å². The average molecular weight is 221 g/mol. The average Bonchev–Trinajstić information content (AvgIpc) is 2.97. The van der Waals surface area contributed by atoms with Crippen molar-refractivity contribution in [3.63, 3.8) is 0 Å². The standard InChI is InChI=1S/C12H15NO3/c1-14-10-6-12-11(15-7-16-12)5-8(10)9-3-2-4-13-9/h5-6,9,13H,2-4,7H2,1H3. The summed E-state index contributed by atoms with van der Waals surface area (Å²) in [5, 5.41) is 3.46. The molecule has 0 radical (unpaired) electrons. The summed E-state index contributed by atoms with van der Waals surface area (Å²) in [6, 6.07) is 4.33. The fraction of sp³-hybridized carbons (Fsp3) is 0.500. The van der Waals surface area contributed by atoms with Crippen LogP contribution in [0.15, 0.2) is 12.1 Å². The minimum Gasteiger partial charge on any atom is -0.496 e. The second-order valence-corrected chi connectivity index (χ2v) is 4.10. The van der Waals surface area contributed by atoms with Gasteiger partial charge in [-0.05, 0) is 25.5 Å². The molecule has 1 aromatic rings. The third-order valence-corrected chi connectivity index (χ3v) is 3.16. The molecule has 2 aliphatic heterocycles. The lowest BCUT2D eigenvalue weighted by molar-refractivity contribution is 0.174. The van der Waals surface area contributed by atoms with Gasteiger partial charge < -0.3 is 19.5 Å². The molecule has 4 nitrogen and oxygen atoms in total. The number of hydrogen-bond acceptors (Lipinski definition) is 4. The molecule has 1 unspecified atom stereocenters. The van der Waals surface area contributed by atoms with E-state index >= 15 is 0 Å². The predicted octanol–water partition coefficient (Wildman–Crippen LogP) is 1.85. The number of fused-ring (bicyclic) bond motifs is 1. The van der Waals surface area contributed by atoms with Crippen LogP contribution in [0.4, 0.5) is 0 Å². The van der Waals surface area contributed by atoms with Crippen LogP contribution in [0, 0.1) is 0 Å². The first-order chi connectivity index (χ1) is 7.88. The van der Waals surface area contributed by atoms with Crippen molar-refractivity contribution in [2.75, 3.05) is 20.4 Å². The molecule has 86 valence electrons. The van der Waals surface area contributed by atoms with Gasteiger partial charge in [0.05, 0.1) is 7.11 Å². The highest BCUT2D eigenvalue weighted by atomic mass is 16.7. The Balaban J connectivity index is 2.01. The lowest BCUT2D eigenvalue weighted by Crippen LogP contribution is -2.13. The Labute approximate surface area is 94.5 Å². The van der Waals surface area contributed by atoms with E-state index in [2.05, 4.69) is 5.32 Å². The van der Waals surface area contributed by atoms with Crippen LogP contribution in [0.5, 0.6) is 17.2 Å². The molecular formula is C12H15NO3. The van der Waals surface area contributed by atoms with Crippen LogP contribution in [0.2, 0.25) is 0 Å². The van der Waals surface area contributed by atoms with E-state index in [0.29, 0.717) is 12.8 Å². The van der Waals surface area contributed by atoms with E-state index in [-0.39, 0.29) is 0 Å². The maximum Gasteiger partial charge on any atom is 0.231 e. The highest BCUT2D eigenvalue weighted by Gasteiger charge is 2.24. The zero-order valence-corrected chi connectivity index (χ0v) is 9.29. The summed E-state index contributed by atoms with van der Waals surface area (Å²) in [6.07, 6.45) is 2.36. The molecule has 4 heteroatoms. The molecule has 1 N–H and O–H groups in total. The van der Waals surface area contributed by atoms with Crippen molar-refractivity contribution in [2.24, 2.45) is 0 Å². The first-order valence-electron chi connectivity index (χ1n) is 5.59. The van der Waals surface area contributed by atoms with Crippen LogP contribution in [0.1, 0.15) is 24.4 Å². The van der Waals surface area contributed by atoms with E-state index in [4.69, 9.17) is 14.2 Å². The first kappa shape index (κ1) is 9.78. The van der Waals surface area contributed by atoms with Gasteiger partial charge in [0.25, 0.3) is 0 Å². The van der Waals surface area contributed by atoms with Crippen molar-refractivity contribution in [3.05, 3.63) is 17.7 Å². The van der Waals surface area contributed by atoms with E-state index in [1.54, 1.807) is 7.11 Å². The first-order valence-corrected chi connectivity index (χ1v) is 5.59. The molecule has 0 saturated carbocycles. The van der Waals surface area contributed by atoms with Crippen molar-refractivity contribution >= 4 is 0 Å². The fourth-order valence-corrected chi connectivity index (χ4v) is 2.34. The molecule has 0 aromatic heterocycles. The van der Waals surface area contributed by atoms with Crippen LogP contribution in [-0.4, -0.2) is 20.4 Å². The van der Waals surface area contributed by atoms with Gasteiger partial charge in [-0.2, -0.15) is 0 Å². The van der Waals surface area contributed by atoms with Gasteiger partial charge in [0, 0.05) is 17.7 Å². The zero-order chi connectivity index (χ0) is 11.0. The summed E-state index contributed by atoms with van der Waals surface area (Å²) in [5.74, 6) is 2.48. The summed E-state index contributed by atoms with van der Waals surface area (Å²) in [4.78, 5) is 0. The van der Waals surface area contributed by atoms with E-state index in [9.17, 15) is 0 Å². The number of rotatable bonds is 2. The van der Waals surface area contributed by atoms with E-state index in [1.165, 1.54) is 12.0 Å². The zero-order valence-electron chi connectivity index (χ0n) is 9.29. The molecule has 0 aliphatic carbocycles.